The molecular formula is C25H30N2O5. The predicted molar refractivity (Wildman–Crippen MR) is 122 cm³/mol. The van der Waals surface area contributed by atoms with Crippen molar-refractivity contribution in [3.63, 3.8) is 0 Å². The van der Waals surface area contributed by atoms with Gasteiger partial charge in [-0.25, -0.2) is 0 Å². The van der Waals surface area contributed by atoms with E-state index in [4.69, 9.17) is 4.74 Å². The Balaban J connectivity index is 1.70. The van der Waals surface area contributed by atoms with Gasteiger partial charge in [0.15, 0.2) is 0 Å². The van der Waals surface area contributed by atoms with E-state index in [-0.39, 0.29) is 18.4 Å². The number of hydrogen-bond acceptors (Lipinski definition) is 5. The van der Waals surface area contributed by atoms with E-state index in [2.05, 4.69) is 15.4 Å². The molecule has 0 atom stereocenters. The number of ether oxygens (including phenoxy) is 2. The van der Waals surface area contributed by atoms with Crippen LogP contribution in [0.3, 0.4) is 0 Å². The van der Waals surface area contributed by atoms with E-state index in [0.717, 1.165) is 17.7 Å². The van der Waals surface area contributed by atoms with Crippen molar-refractivity contribution in [3.8, 4) is 5.75 Å². The highest BCUT2D eigenvalue weighted by Gasteiger charge is 2.05. The van der Waals surface area contributed by atoms with Gasteiger partial charge in [-0.05, 0) is 61.6 Å². The Morgan fingerprint density at radius 3 is 2.25 bits per heavy atom. The number of hydrogen-bond donors (Lipinski definition) is 2. The van der Waals surface area contributed by atoms with Gasteiger partial charge < -0.3 is 20.1 Å². The first-order valence-corrected chi connectivity index (χ1v) is 10.6. The van der Waals surface area contributed by atoms with Gasteiger partial charge in [0, 0.05) is 18.2 Å². The topological polar surface area (TPSA) is 93.7 Å². The van der Waals surface area contributed by atoms with Crippen LogP contribution in [-0.4, -0.2) is 38.0 Å². The molecular weight excluding hydrogens is 408 g/mol. The molecule has 0 heterocycles. The summed E-state index contributed by atoms with van der Waals surface area (Å²) in [5.41, 5.74) is 2.87. The van der Waals surface area contributed by atoms with Gasteiger partial charge in [0.1, 0.15) is 12.3 Å². The lowest BCUT2D eigenvalue weighted by Gasteiger charge is -2.06. The zero-order valence-electron chi connectivity index (χ0n) is 18.6. The number of esters is 1. The molecule has 2 amide bonds. The number of nitrogens with one attached hydrogen (secondary N) is 2. The predicted octanol–water partition coefficient (Wildman–Crippen LogP) is 3.38. The first kappa shape index (κ1) is 24.7. The summed E-state index contributed by atoms with van der Waals surface area (Å²) in [7, 11) is 1.27. The van der Waals surface area contributed by atoms with Crippen LogP contribution in [0.4, 0.5) is 0 Å². The Morgan fingerprint density at radius 2 is 1.62 bits per heavy atom. The van der Waals surface area contributed by atoms with Gasteiger partial charge >= 0.3 is 5.97 Å². The van der Waals surface area contributed by atoms with Gasteiger partial charge in [0.2, 0.25) is 5.91 Å². The molecule has 0 aromatic heterocycles. The summed E-state index contributed by atoms with van der Waals surface area (Å²) in [6.45, 7) is 2.48. The van der Waals surface area contributed by atoms with E-state index >= 15 is 0 Å². The van der Waals surface area contributed by atoms with E-state index in [9.17, 15) is 14.4 Å². The number of benzene rings is 2. The molecule has 7 heteroatoms. The second-order valence-corrected chi connectivity index (χ2v) is 7.07. The van der Waals surface area contributed by atoms with Crippen LogP contribution in [0.5, 0.6) is 5.75 Å². The molecule has 0 saturated carbocycles. The van der Waals surface area contributed by atoms with Crippen LogP contribution in [0.15, 0.2) is 60.8 Å². The summed E-state index contributed by atoms with van der Waals surface area (Å²) in [6, 6.07) is 15.5. The molecule has 0 aliphatic carbocycles. The first-order valence-electron chi connectivity index (χ1n) is 10.6. The van der Waals surface area contributed by atoms with Crippen molar-refractivity contribution in [2.75, 3.05) is 20.3 Å². The van der Waals surface area contributed by atoms with Crippen LogP contribution in [0.2, 0.25) is 0 Å². The van der Waals surface area contributed by atoms with Crippen LogP contribution in [0.1, 0.15) is 47.7 Å². The lowest BCUT2D eigenvalue weighted by Crippen LogP contribution is -2.29. The molecule has 0 bridgehead atoms. The largest absolute Gasteiger partial charge is 0.494 e. The summed E-state index contributed by atoms with van der Waals surface area (Å²) >= 11 is 0. The Morgan fingerprint density at radius 1 is 0.969 bits per heavy atom. The van der Waals surface area contributed by atoms with E-state index < -0.39 is 5.97 Å². The third-order valence-electron chi connectivity index (χ3n) is 4.62. The summed E-state index contributed by atoms with van der Waals surface area (Å²) < 4.78 is 9.91. The van der Waals surface area contributed by atoms with Crippen LogP contribution in [0, 0.1) is 0 Å². The number of methoxy groups -OCH3 is 1. The standard InChI is InChI=1S/C25H30N2O5/c1-3-32-22-14-10-20(11-15-22)17-19-8-12-21(13-9-19)25(30)26-16-6-4-5-7-23(28)27-18-24(29)31-2/h6,8-16H,3-5,7,17-18H2,1-2H3,(H,26,30)(H,27,28)/b16-6-. The average Bonchev–Trinajstić information content (AvgIpc) is 2.81. The summed E-state index contributed by atoms with van der Waals surface area (Å²) in [5, 5.41) is 5.21. The quantitative estimate of drug-likeness (QED) is 0.391. The van der Waals surface area contributed by atoms with Crippen LogP contribution in [0.25, 0.3) is 0 Å². The third-order valence-corrected chi connectivity index (χ3v) is 4.62. The fourth-order valence-electron chi connectivity index (χ4n) is 2.89. The summed E-state index contributed by atoms with van der Waals surface area (Å²) in [5.74, 6) is -0.0221. The average molecular weight is 439 g/mol. The Kier molecular flexibility index (Phi) is 10.5. The highest BCUT2D eigenvalue weighted by Crippen LogP contribution is 2.16. The minimum absolute atomic E-state index is 0.125. The van der Waals surface area contributed by atoms with Crippen molar-refractivity contribution < 1.29 is 23.9 Å². The number of carbonyl (C=O) groups is 3. The fourth-order valence-corrected chi connectivity index (χ4v) is 2.89. The second kappa shape index (κ2) is 13.6. The van der Waals surface area contributed by atoms with Crippen molar-refractivity contribution in [1.29, 1.82) is 0 Å². The molecule has 0 aliphatic heterocycles. The smallest absolute Gasteiger partial charge is 0.325 e. The molecule has 0 saturated heterocycles. The lowest BCUT2D eigenvalue weighted by molar-refractivity contribution is -0.141. The zero-order valence-corrected chi connectivity index (χ0v) is 18.6. The van der Waals surface area contributed by atoms with E-state index in [1.807, 2.05) is 43.3 Å². The maximum atomic E-state index is 12.2. The molecule has 170 valence electrons. The maximum absolute atomic E-state index is 12.2. The molecule has 7 nitrogen and oxygen atoms in total. The van der Waals surface area contributed by atoms with Crippen molar-refractivity contribution in [2.24, 2.45) is 0 Å². The molecule has 0 aliphatic rings. The molecule has 2 rings (SSSR count). The number of unbranched alkanes of at least 4 members (excludes halogenated alkanes) is 1. The third kappa shape index (κ3) is 9.04. The van der Waals surface area contributed by atoms with Crippen LogP contribution >= 0.6 is 0 Å². The van der Waals surface area contributed by atoms with E-state index in [1.54, 1.807) is 24.4 Å². The van der Waals surface area contributed by atoms with Crippen molar-refractivity contribution in [1.82, 2.24) is 10.6 Å². The van der Waals surface area contributed by atoms with Gasteiger partial charge in [-0.1, -0.05) is 30.3 Å². The van der Waals surface area contributed by atoms with Gasteiger partial charge in [-0.2, -0.15) is 0 Å². The number of allylic oxidation sites excluding steroid dienone is 1. The number of carbonyl (C=O) groups excluding carboxylic acids is 3. The highest BCUT2D eigenvalue weighted by molar-refractivity contribution is 5.94. The van der Waals surface area contributed by atoms with Gasteiger partial charge in [0.25, 0.3) is 5.91 Å². The lowest BCUT2D eigenvalue weighted by atomic mass is 10.0. The Bertz CT molecular complexity index is 905. The summed E-state index contributed by atoms with van der Waals surface area (Å²) in [4.78, 5) is 34.8. The second-order valence-electron chi connectivity index (χ2n) is 7.07. The van der Waals surface area contributed by atoms with Gasteiger partial charge in [-0.15, -0.1) is 0 Å². The minimum Gasteiger partial charge on any atom is -0.494 e. The molecule has 0 radical (unpaired) electrons. The van der Waals surface area contributed by atoms with Crippen LogP contribution in [-0.2, 0) is 20.7 Å². The molecule has 0 unspecified atom stereocenters. The summed E-state index contributed by atoms with van der Waals surface area (Å²) in [6.07, 6.45) is 5.70. The van der Waals surface area contributed by atoms with Crippen molar-refractivity contribution >= 4 is 17.8 Å². The molecule has 2 aromatic carbocycles. The molecule has 2 aromatic rings. The Labute approximate surface area is 188 Å². The van der Waals surface area contributed by atoms with Crippen molar-refractivity contribution in [3.05, 3.63) is 77.5 Å². The highest BCUT2D eigenvalue weighted by atomic mass is 16.5. The van der Waals surface area contributed by atoms with E-state index in [1.165, 1.54) is 12.7 Å². The first-order chi connectivity index (χ1) is 15.5. The minimum atomic E-state index is -0.481. The van der Waals surface area contributed by atoms with E-state index in [0.29, 0.717) is 31.4 Å². The number of rotatable bonds is 12. The molecule has 32 heavy (non-hydrogen) atoms. The maximum Gasteiger partial charge on any atom is 0.325 e. The van der Waals surface area contributed by atoms with Crippen molar-refractivity contribution in [2.45, 2.75) is 32.6 Å². The van der Waals surface area contributed by atoms with Gasteiger partial charge in [0.05, 0.1) is 13.7 Å². The Hall–Kier alpha value is -3.61. The molecule has 0 fully saturated rings. The number of amides is 2. The SMILES string of the molecule is CCOc1ccc(Cc2ccc(C(=O)N/C=C\CCCC(=O)NCC(=O)OC)cc2)cc1. The fraction of sp³-hybridized carbons (Fsp3) is 0.320. The zero-order chi connectivity index (χ0) is 23.2. The molecule has 0 spiro atoms. The monoisotopic (exact) mass is 438 g/mol. The van der Waals surface area contributed by atoms with Gasteiger partial charge in [-0.3, -0.25) is 14.4 Å². The molecule has 2 N–H and O–H groups in total. The normalized spacial score (nSPS) is 10.6. The van der Waals surface area contributed by atoms with Crippen LogP contribution < -0.4 is 15.4 Å².